The van der Waals surface area contributed by atoms with Crippen molar-refractivity contribution in [3.8, 4) is 0 Å². The first-order valence-corrected chi connectivity index (χ1v) is 7.26. The lowest BCUT2D eigenvalue weighted by Crippen LogP contribution is -2.46. The predicted octanol–water partition coefficient (Wildman–Crippen LogP) is 2.26. The molecule has 1 fully saturated rings. The minimum atomic E-state index is 0.464. The molecule has 0 radical (unpaired) electrons. The monoisotopic (exact) mass is 242 g/mol. The van der Waals surface area contributed by atoms with Gasteiger partial charge in [-0.1, -0.05) is 6.92 Å². The zero-order valence-corrected chi connectivity index (χ0v) is 12.0. The van der Waals surface area contributed by atoms with Crippen LogP contribution in [0, 0.1) is 0 Å². The smallest absolute Gasteiger partial charge is 0.0702 e. The van der Waals surface area contributed by atoms with E-state index in [0.717, 1.165) is 19.7 Å². The molecule has 0 spiro atoms. The number of nitrogens with zero attached hydrogens (tertiary/aromatic N) is 1. The van der Waals surface area contributed by atoms with Gasteiger partial charge in [0.15, 0.2) is 0 Å². The molecule has 1 heterocycles. The molecule has 0 aromatic rings. The molecule has 0 aromatic carbocycles. The zero-order chi connectivity index (χ0) is 12.7. The summed E-state index contributed by atoms with van der Waals surface area (Å²) in [5.74, 6) is 0. The van der Waals surface area contributed by atoms with Crippen LogP contribution in [0.2, 0.25) is 0 Å². The average Bonchev–Trinajstić information content (AvgIpc) is 2.30. The lowest BCUT2D eigenvalue weighted by molar-refractivity contribution is -0.00697. The molecule has 1 rings (SSSR count). The summed E-state index contributed by atoms with van der Waals surface area (Å²) < 4.78 is 5.76. The first-order chi connectivity index (χ1) is 8.17. The topological polar surface area (TPSA) is 24.5 Å². The molecule has 1 aliphatic heterocycles. The number of likely N-dealkylation sites (tertiary alicyclic amines) is 1. The number of ether oxygens (including phenoxy) is 1. The van der Waals surface area contributed by atoms with E-state index in [1.54, 1.807) is 0 Å². The predicted molar refractivity (Wildman–Crippen MR) is 73.4 cm³/mol. The van der Waals surface area contributed by atoms with Crippen molar-refractivity contribution in [2.75, 3.05) is 26.2 Å². The Hall–Kier alpha value is -0.120. The van der Waals surface area contributed by atoms with E-state index in [1.807, 2.05) is 0 Å². The van der Waals surface area contributed by atoms with E-state index in [-0.39, 0.29) is 0 Å². The number of hydrogen-bond donors (Lipinski definition) is 1. The minimum Gasteiger partial charge on any atom is -0.377 e. The van der Waals surface area contributed by atoms with Crippen molar-refractivity contribution in [3.63, 3.8) is 0 Å². The van der Waals surface area contributed by atoms with Crippen molar-refractivity contribution in [2.24, 2.45) is 0 Å². The van der Waals surface area contributed by atoms with Crippen molar-refractivity contribution >= 4 is 0 Å². The fourth-order valence-corrected chi connectivity index (χ4v) is 2.83. The van der Waals surface area contributed by atoms with Crippen LogP contribution in [0.4, 0.5) is 0 Å². The lowest BCUT2D eigenvalue weighted by atomic mass is 10.0. The Labute approximate surface area is 107 Å². The molecule has 102 valence electrons. The maximum atomic E-state index is 5.76. The highest BCUT2D eigenvalue weighted by molar-refractivity contribution is 4.79. The Morgan fingerprint density at radius 3 is 2.76 bits per heavy atom. The van der Waals surface area contributed by atoms with Gasteiger partial charge in [-0.3, -0.25) is 4.90 Å². The molecular weight excluding hydrogens is 212 g/mol. The molecule has 0 aliphatic carbocycles. The molecule has 1 N–H and O–H groups in total. The molecule has 0 aromatic heterocycles. The summed E-state index contributed by atoms with van der Waals surface area (Å²) in [5.41, 5.74) is 0. The summed E-state index contributed by atoms with van der Waals surface area (Å²) in [6.45, 7) is 13.2. The summed E-state index contributed by atoms with van der Waals surface area (Å²) in [5, 5.41) is 3.49. The van der Waals surface area contributed by atoms with Crippen LogP contribution in [0.5, 0.6) is 0 Å². The van der Waals surface area contributed by atoms with Crippen molar-refractivity contribution < 1.29 is 4.74 Å². The first kappa shape index (κ1) is 14.9. The van der Waals surface area contributed by atoms with Crippen molar-refractivity contribution in [1.29, 1.82) is 0 Å². The molecule has 3 atom stereocenters. The average molecular weight is 242 g/mol. The van der Waals surface area contributed by atoms with E-state index in [1.165, 1.54) is 25.8 Å². The number of nitrogens with one attached hydrogen (secondary N) is 1. The second kappa shape index (κ2) is 8.06. The first-order valence-electron chi connectivity index (χ1n) is 7.26. The second-order valence-corrected chi connectivity index (χ2v) is 5.26. The van der Waals surface area contributed by atoms with Gasteiger partial charge in [0, 0.05) is 25.2 Å². The van der Waals surface area contributed by atoms with Crippen molar-refractivity contribution in [2.45, 2.75) is 65.1 Å². The van der Waals surface area contributed by atoms with E-state index >= 15 is 0 Å². The number of hydrogen-bond acceptors (Lipinski definition) is 3. The molecule has 17 heavy (non-hydrogen) atoms. The van der Waals surface area contributed by atoms with Gasteiger partial charge in [0.2, 0.25) is 0 Å². The summed E-state index contributed by atoms with van der Waals surface area (Å²) in [6.07, 6.45) is 4.21. The molecule has 1 aliphatic rings. The molecular formula is C14H30N2O. The van der Waals surface area contributed by atoms with E-state index in [0.29, 0.717) is 18.2 Å². The number of rotatable bonds is 7. The van der Waals surface area contributed by atoms with Crippen LogP contribution in [-0.4, -0.2) is 49.3 Å². The summed E-state index contributed by atoms with van der Waals surface area (Å²) >= 11 is 0. The third-order valence-electron chi connectivity index (χ3n) is 3.68. The molecule has 0 bridgehead atoms. The van der Waals surface area contributed by atoms with Crippen LogP contribution < -0.4 is 5.32 Å². The fourth-order valence-electron chi connectivity index (χ4n) is 2.83. The Morgan fingerprint density at radius 2 is 2.12 bits per heavy atom. The van der Waals surface area contributed by atoms with Gasteiger partial charge >= 0.3 is 0 Å². The molecule has 3 nitrogen and oxygen atoms in total. The maximum Gasteiger partial charge on any atom is 0.0702 e. The van der Waals surface area contributed by atoms with Crippen LogP contribution >= 0.6 is 0 Å². The Balaban J connectivity index is 2.32. The van der Waals surface area contributed by atoms with Gasteiger partial charge in [0.25, 0.3) is 0 Å². The summed E-state index contributed by atoms with van der Waals surface area (Å²) in [7, 11) is 0. The highest BCUT2D eigenvalue weighted by Gasteiger charge is 2.24. The molecule has 3 heteroatoms. The van der Waals surface area contributed by atoms with Crippen LogP contribution in [-0.2, 0) is 4.74 Å². The molecule has 1 saturated heterocycles. The molecule has 3 unspecified atom stereocenters. The highest BCUT2D eigenvalue weighted by Crippen LogP contribution is 2.17. The van der Waals surface area contributed by atoms with Gasteiger partial charge in [-0.05, 0) is 53.1 Å². The second-order valence-electron chi connectivity index (χ2n) is 5.26. The van der Waals surface area contributed by atoms with E-state index in [9.17, 15) is 0 Å². The van der Waals surface area contributed by atoms with E-state index in [4.69, 9.17) is 4.74 Å². The van der Waals surface area contributed by atoms with Gasteiger partial charge in [-0.2, -0.15) is 0 Å². The molecule has 0 amide bonds. The lowest BCUT2D eigenvalue weighted by Gasteiger charge is -2.37. The summed E-state index contributed by atoms with van der Waals surface area (Å²) in [4.78, 5) is 2.59. The van der Waals surface area contributed by atoms with Crippen LogP contribution in [0.15, 0.2) is 0 Å². The zero-order valence-electron chi connectivity index (χ0n) is 12.0. The molecule has 0 saturated carbocycles. The maximum absolute atomic E-state index is 5.76. The summed E-state index contributed by atoms with van der Waals surface area (Å²) in [6, 6.07) is 1.27. The Morgan fingerprint density at radius 1 is 1.35 bits per heavy atom. The quantitative estimate of drug-likeness (QED) is 0.741. The fraction of sp³-hybridized carbons (Fsp3) is 1.00. The van der Waals surface area contributed by atoms with Gasteiger partial charge in [0.05, 0.1) is 6.10 Å². The van der Waals surface area contributed by atoms with Gasteiger partial charge in [-0.25, -0.2) is 0 Å². The Kier molecular flexibility index (Phi) is 7.09. The van der Waals surface area contributed by atoms with Gasteiger partial charge in [-0.15, -0.1) is 0 Å². The van der Waals surface area contributed by atoms with E-state index in [2.05, 4.69) is 37.9 Å². The van der Waals surface area contributed by atoms with Gasteiger partial charge in [0.1, 0.15) is 0 Å². The van der Waals surface area contributed by atoms with Crippen LogP contribution in [0.25, 0.3) is 0 Å². The largest absolute Gasteiger partial charge is 0.377 e. The van der Waals surface area contributed by atoms with Crippen LogP contribution in [0.1, 0.15) is 47.0 Å². The van der Waals surface area contributed by atoms with Gasteiger partial charge < -0.3 is 10.1 Å². The van der Waals surface area contributed by atoms with E-state index < -0.39 is 0 Å². The normalized spacial score (nSPS) is 25.8. The standard InChI is InChI=1S/C14H30N2O/c1-5-15-12(3)10-13(4)16-9-7-8-14(11-16)17-6-2/h12-15H,5-11H2,1-4H3. The van der Waals surface area contributed by atoms with Crippen LogP contribution in [0.3, 0.4) is 0 Å². The third kappa shape index (κ3) is 5.36. The SMILES string of the molecule is CCNC(C)CC(C)N1CCCC(OCC)C1. The highest BCUT2D eigenvalue weighted by atomic mass is 16.5. The Bertz CT molecular complexity index is 197. The van der Waals surface area contributed by atoms with Crippen molar-refractivity contribution in [1.82, 2.24) is 10.2 Å². The van der Waals surface area contributed by atoms with Crippen molar-refractivity contribution in [3.05, 3.63) is 0 Å². The number of piperidine rings is 1. The third-order valence-corrected chi connectivity index (χ3v) is 3.68. The minimum absolute atomic E-state index is 0.464.